The normalized spacial score (nSPS) is 17.4. The first-order valence-electron chi connectivity index (χ1n) is 8.70. The van der Waals surface area contributed by atoms with E-state index in [4.69, 9.17) is 16.3 Å². The van der Waals surface area contributed by atoms with Crippen molar-refractivity contribution in [2.45, 2.75) is 45.6 Å². The molecule has 2 heterocycles. The molecule has 1 unspecified atom stereocenters. The van der Waals surface area contributed by atoms with E-state index in [-0.39, 0.29) is 0 Å². The second kappa shape index (κ2) is 7.87. The van der Waals surface area contributed by atoms with E-state index in [1.807, 2.05) is 13.0 Å². The summed E-state index contributed by atoms with van der Waals surface area (Å²) in [6.45, 7) is 5.14. The van der Waals surface area contributed by atoms with Crippen LogP contribution in [-0.4, -0.2) is 34.9 Å². The largest absolute Gasteiger partial charge is 0.495 e. The lowest BCUT2D eigenvalue weighted by Gasteiger charge is -2.34. The first-order valence-corrected chi connectivity index (χ1v) is 9.07. The van der Waals surface area contributed by atoms with Gasteiger partial charge in [0, 0.05) is 23.7 Å². The van der Waals surface area contributed by atoms with E-state index in [0.717, 1.165) is 24.2 Å². The maximum absolute atomic E-state index is 6.17. The van der Waals surface area contributed by atoms with Crippen molar-refractivity contribution in [2.24, 2.45) is 0 Å². The highest BCUT2D eigenvalue weighted by Crippen LogP contribution is 2.33. The molecular weight excluding hydrogens is 338 g/mol. The van der Waals surface area contributed by atoms with E-state index in [1.54, 1.807) is 19.4 Å². The fourth-order valence-electron chi connectivity index (χ4n) is 3.23. The molecule has 1 saturated heterocycles. The van der Waals surface area contributed by atoms with Crippen molar-refractivity contribution in [3.63, 3.8) is 0 Å². The summed E-state index contributed by atoms with van der Waals surface area (Å²) in [6, 6.07) is 4.23. The second-order valence-corrected chi connectivity index (χ2v) is 6.73. The Labute approximate surface area is 153 Å². The first kappa shape index (κ1) is 17.7. The molecule has 6 nitrogen and oxygen atoms in total. The topological polar surface area (TPSA) is 63.2 Å². The van der Waals surface area contributed by atoms with Crippen LogP contribution >= 0.6 is 11.6 Å². The third-order valence-electron chi connectivity index (χ3n) is 4.65. The molecule has 25 heavy (non-hydrogen) atoms. The van der Waals surface area contributed by atoms with Gasteiger partial charge < -0.3 is 15.0 Å². The van der Waals surface area contributed by atoms with Crippen molar-refractivity contribution >= 4 is 29.1 Å². The highest BCUT2D eigenvalue weighted by Gasteiger charge is 2.23. The van der Waals surface area contributed by atoms with Crippen molar-refractivity contribution in [1.29, 1.82) is 0 Å². The van der Waals surface area contributed by atoms with Crippen LogP contribution in [0, 0.1) is 6.92 Å². The number of anilines is 3. The minimum absolute atomic E-state index is 0.484. The van der Waals surface area contributed by atoms with Gasteiger partial charge in [0.2, 0.25) is 5.95 Å². The number of nitrogens with zero attached hydrogens (tertiary/aromatic N) is 4. The van der Waals surface area contributed by atoms with Gasteiger partial charge in [-0.25, -0.2) is 0 Å². The quantitative estimate of drug-likeness (QED) is 0.853. The van der Waals surface area contributed by atoms with E-state index >= 15 is 0 Å². The number of ether oxygens (including phenoxy) is 1. The zero-order chi connectivity index (χ0) is 17.8. The summed E-state index contributed by atoms with van der Waals surface area (Å²) in [7, 11) is 1.62. The smallest absolute Gasteiger partial charge is 0.247 e. The van der Waals surface area contributed by atoms with E-state index in [9.17, 15) is 0 Å². The van der Waals surface area contributed by atoms with Crippen molar-refractivity contribution in [2.75, 3.05) is 23.9 Å². The fraction of sp³-hybridized carbons (Fsp3) is 0.500. The predicted molar refractivity (Wildman–Crippen MR) is 101 cm³/mol. The van der Waals surface area contributed by atoms with E-state index in [0.29, 0.717) is 28.6 Å². The lowest BCUT2D eigenvalue weighted by Crippen LogP contribution is -2.40. The summed E-state index contributed by atoms with van der Waals surface area (Å²) in [6.07, 6.45) is 6.33. The molecule has 0 amide bonds. The van der Waals surface area contributed by atoms with Crippen molar-refractivity contribution < 1.29 is 4.74 Å². The molecule has 1 aromatic heterocycles. The highest BCUT2D eigenvalue weighted by molar-refractivity contribution is 6.31. The molecule has 1 aliphatic heterocycles. The molecule has 134 valence electrons. The Morgan fingerprint density at radius 2 is 2.20 bits per heavy atom. The number of rotatable bonds is 5. The number of halogens is 1. The standard InChI is InChI=1S/C18H24ClN5O/c1-4-13-7-5-6-8-24(13)18-22-17(11-20-23-18)21-15-9-12(2)14(19)10-16(15)25-3/h9-11,13H,4-8H2,1-3H3,(H,21,22,23). The number of aryl methyl sites for hydroxylation is 1. The maximum atomic E-state index is 6.17. The first-order chi connectivity index (χ1) is 12.1. The van der Waals surface area contributed by atoms with E-state index < -0.39 is 0 Å². The van der Waals surface area contributed by atoms with Gasteiger partial charge in [-0.05, 0) is 44.2 Å². The Balaban J connectivity index is 1.86. The molecule has 0 aliphatic carbocycles. The van der Waals surface area contributed by atoms with Crippen LogP contribution < -0.4 is 15.0 Å². The van der Waals surface area contributed by atoms with Crippen molar-refractivity contribution in [3.8, 4) is 5.75 Å². The van der Waals surface area contributed by atoms with Crippen LogP contribution in [-0.2, 0) is 0 Å². The van der Waals surface area contributed by atoms with Crippen LogP contribution in [0.5, 0.6) is 5.75 Å². The molecule has 1 aliphatic rings. The summed E-state index contributed by atoms with van der Waals surface area (Å²) in [5.74, 6) is 1.99. The Hall–Kier alpha value is -2.08. The number of piperidine rings is 1. The summed E-state index contributed by atoms with van der Waals surface area (Å²) in [4.78, 5) is 6.94. The lowest BCUT2D eigenvalue weighted by molar-refractivity contribution is 0.416. The van der Waals surface area contributed by atoms with Gasteiger partial charge in [-0.2, -0.15) is 10.1 Å². The zero-order valence-corrected chi connectivity index (χ0v) is 15.7. The number of hydrogen-bond acceptors (Lipinski definition) is 6. The lowest BCUT2D eigenvalue weighted by atomic mass is 10.0. The van der Waals surface area contributed by atoms with Crippen LogP contribution in [0.25, 0.3) is 0 Å². The molecule has 1 N–H and O–H groups in total. The van der Waals surface area contributed by atoms with Gasteiger partial charge in [0.05, 0.1) is 19.0 Å². The molecule has 3 rings (SSSR count). The van der Waals surface area contributed by atoms with Crippen molar-refractivity contribution in [1.82, 2.24) is 15.2 Å². The van der Waals surface area contributed by atoms with Gasteiger partial charge in [0.1, 0.15) is 5.75 Å². The van der Waals surface area contributed by atoms with Crippen LogP contribution in [0.1, 0.15) is 38.2 Å². The Morgan fingerprint density at radius 1 is 1.36 bits per heavy atom. The maximum Gasteiger partial charge on any atom is 0.247 e. The van der Waals surface area contributed by atoms with Gasteiger partial charge in [0.25, 0.3) is 0 Å². The average Bonchev–Trinajstić information content (AvgIpc) is 2.64. The zero-order valence-electron chi connectivity index (χ0n) is 14.9. The molecule has 1 atom stereocenters. The Morgan fingerprint density at radius 3 is 2.96 bits per heavy atom. The van der Waals surface area contributed by atoms with Gasteiger partial charge in [-0.15, -0.1) is 5.10 Å². The molecular formula is C18H24ClN5O. The Bertz CT molecular complexity index is 739. The SMILES string of the molecule is CCC1CCCCN1c1nncc(Nc2cc(C)c(Cl)cc2OC)n1. The summed E-state index contributed by atoms with van der Waals surface area (Å²) < 4.78 is 5.41. The third-order valence-corrected chi connectivity index (χ3v) is 5.05. The minimum Gasteiger partial charge on any atom is -0.495 e. The average molecular weight is 362 g/mol. The molecule has 1 fully saturated rings. The summed E-state index contributed by atoms with van der Waals surface area (Å²) >= 11 is 6.17. The molecule has 7 heteroatoms. The molecule has 1 aromatic carbocycles. The summed E-state index contributed by atoms with van der Waals surface area (Å²) in [5.41, 5.74) is 1.77. The second-order valence-electron chi connectivity index (χ2n) is 6.32. The Kier molecular flexibility index (Phi) is 5.58. The van der Waals surface area contributed by atoms with Crippen LogP contribution in [0.2, 0.25) is 5.02 Å². The van der Waals surface area contributed by atoms with Gasteiger partial charge >= 0.3 is 0 Å². The number of methoxy groups -OCH3 is 1. The highest BCUT2D eigenvalue weighted by atomic mass is 35.5. The predicted octanol–water partition coefficient (Wildman–Crippen LogP) is 4.35. The van der Waals surface area contributed by atoms with Gasteiger partial charge in [-0.3, -0.25) is 0 Å². The van der Waals surface area contributed by atoms with E-state index in [1.165, 1.54) is 19.3 Å². The molecule has 0 radical (unpaired) electrons. The third kappa shape index (κ3) is 3.95. The monoisotopic (exact) mass is 361 g/mol. The number of benzene rings is 1. The van der Waals surface area contributed by atoms with Crippen LogP contribution in [0.15, 0.2) is 18.3 Å². The number of nitrogens with one attached hydrogen (secondary N) is 1. The minimum atomic E-state index is 0.484. The molecule has 0 bridgehead atoms. The molecule has 2 aromatic rings. The fourth-order valence-corrected chi connectivity index (χ4v) is 3.39. The van der Waals surface area contributed by atoms with E-state index in [2.05, 4.69) is 32.3 Å². The van der Waals surface area contributed by atoms with Crippen LogP contribution in [0.4, 0.5) is 17.5 Å². The molecule has 0 saturated carbocycles. The summed E-state index contributed by atoms with van der Waals surface area (Å²) in [5, 5.41) is 12.3. The number of hydrogen-bond donors (Lipinski definition) is 1. The van der Waals surface area contributed by atoms with Crippen LogP contribution in [0.3, 0.4) is 0 Å². The van der Waals surface area contributed by atoms with Gasteiger partial charge in [-0.1, -0.05) is 18.5 Å². The van der Waals surface area contributed by atoms with Crippen molar-refractivity contribution in [3.05, 3.63) is 28.9 Å². The van der Waals surface area contributed by atoms with Gasteiger partial charge in [0.15, 0.2) is 5.82 Å². The molecule has 0 spiro atoms. The number of aromatic nitrogens is 3.